The highest BCUT2D eigenvalue weighted by atomic mass is 32.1. The van der Waals surface area contributed by atoms with E-state index in [2.05, 4.69) is 22.4 Å². The summed E-state index contributed by atoms with van der Waals surface area (Å²) in [7, 11) is 1.58. The third-order valence-corrected chi connectivity index (χ3v) is 4.14. The highest BCUT2D eigenvalue weighted by Gasteiger charge is 2.34. The third kappa shape index (κ3) is 4.21. The molecule has 1 saturated heterocycles. The molecule has 1 aromatic rings. The minimum absolute atomic E-state index is 0.0564. The first-order valence-corrected chi connectivity index (χ1v) is 7.85. The van der Waals surface area contributed by atoms with Crippen molar-refractivity contribution in [1.82, 2.24) is 15.1 Å². The van der Waals surface area contributed by atoms with E-state index in [0.717, 1.165) is 19.4 Å². The van der Waals surface area contributed by atoms with Crippen molar-refractivity contribution < 1.29 is 14.3 Å². The van der Waals surface area contributed by atoms with Gasteiger partial charge in [-0.05, 0) is 6.42 Å². The molecule has 1 fully saturated rings. The molecule has 1 aliphatic rings. The van der Waals surface area contributed by atoms with Crippen molar-refractivity contribution >= 4 is 28.3 Å². The monoisotopic (exact) mass is 312 g/mol. The maximum absolute atomic E-state index is 12.2. The number of carbonyl (C=O) groups excluding carboxylic acids is 2. The second-order valence-corrected chi connectivity index (χ2v) is 6.08. The Balaban J connectivity index is 1.87. The third-order valence-electron chi connectivity index (χ3n) is 3.33. The smallest absolute Gasteiger partial charge is 0.231 e. The second kappa shape index (κ2) is 7.46. The molecule has 0 saturated carbocycles. The molecule has 1 aromatic heterocycles. The summed E-state index contributed by atoms with van der Waals surface area (Å²) < 4.78 is 4.96. The van der Waals surface area contributed by atoms with Crippen LogP contribution in [0.25, 0.3) is 0 Å². The zero-order valence-electron chi connectivity index (χ0n) is 12.3. The number of aromatic nitrogens is 2. The summed E-state index contributed by atoms with van der Waals surface area (Å²) in [6, 6.07) is 0. The zero-order chi connectivity index (χ0) is 15.2. The van der Waals surface area contributed by atoms with Gasteiger partial charge in [-0.25, -0.2) is 0 Å². The van der Waals surface area contributed by atoms with Gasteiger partial charge in [-0.2, -0.15) is 0 Å². The number of amides is 2. The Morgan fingerprint density at radius 2 is 2.33 bits per heavy atom. The number of rotatable bonds is 7. The van der Waals surface area contributed by atoms with E-state index in [0.29, 0.717) is 23.3 Å². The Morgan fingerprint density at radius 3 is 3.05 bits per heavy atom. The summed E-state index contributed by atoms with van der Waals surface area (Å²) in [6.45, 7) is 3.68. The quantitative estimate of drug-likeness (QED) is 0.819. The summed E-state index contributed by atoms with van der Waals surface area (Å²) in [5, 5.41) is 11.7. The van der Waals surface area contributed by atoms with Gasteiger partial charge >= 0.3 is 0 Å². The van der Waals surface area contributed by atoms with Crippen molar-refractivity contribution in [2.45, 2.75) is 32.8 Å². The molecule has 0 radical (unpaired) electrons. The summed E-state index contributed by atoms with van der Waals surface area (Å²) in [5.41, 5.74) is 0. The van der Waals surface area contributed by atoms with E-state index in [1.807, 2.05) is 0 Å². The van der Waals surface area contributed by atoms with Crippen LogP contribution in [0.1, 0.15) is 31.2 Å². The fourth-order valence-corrected chi connectivity index (χ4v) is 2.92. The number of methoxy groups -OCH3 is 1. The minimum atomic E-state index is -0.302. The van der Waals surface area contributed by atoms with Crippen LogP contribution >= 0.6 is 11.3 Å². The highest BCUT2D eigenvalue weighted by Crippen LogP contribution is 2.22. The van der Waals surface area contributed by atoms with E-state index in [-0.39, 0.29) is 24.2 Å². The highest BCUT2D eigenvalue weighted by molar-refractivity contribution is 7.15. The fraction of sp³-hybridized carbons (Fsp3) is 0.692. The maximum atomic E-state index is 12.2. The van der Waals surface area contributed by atoms with Gasteiger partial charge in [0.05, 0.1) is 5.92 Å². The van der Waals surface area contributed by atoms with Crippen molar-refractivity contribution in [3.8, 4) is 0 Å². The average molecular weight is 312 g/mol. The molecule has 0 bridgehead atoms. The van der Waals surface area contributed by atoms with Crippen molar-refractivity contribution in [3.05, 3.63) is 5.01 Å². The molecule has 0 spiro atoms. The normalized spacial score (nSPS) is 18.3. The lowest BCUT2D eigenvalue weighted by atomic mass is 10.1. The van der Waals surface area contributed by atoms with Crippen molar-refractivity contribution in [2.75, 3.05) is 25.5 Å². The van der Waals surface area contributed by atoms with Gasteiger partial charge in [0.15, 0.2) is 0 Å². The van der Waals surface area contributed by atoms with Crippen molar-refractivity contribution in [1.29, 1.82) is 0 Å². The number of hydrogen-bond acceptors (Lipinski definition) is 6. The first-order chi connectivity index (χ1) is 10.1. The number of nitrogens with zero attached hydrogens (tertiary/aromatic N) is 3. The van der Waals surface area contributed by atoms with Gasteiger partial charge in [-0.15, -0.1) is 10.2 Å². The lowest BCUT2D eigenvalue weighted by Crippen LogP contribution is -2.29. The van der Waals surface area contributed by atoms with Crippen LogP contribution in [0, 0.1) is 5.92 Å². The van der Waals surface area contributed by atoms with Gasteiger partial charge in [0.2, 0.25) is 16.9 Å². The maximum Gasteiger partial charge on any atom is 0.231 e. The Labute approximate surface area is 127 Å². The largest absolute Gasteiger partial charge is 0.377 e. The Morgan fingerprint density at radius 1 is 1.52 bits per heavy atom. The predicted octanol–water partition coefficient (Wildman–Crippen LogP) is 1.27. The predicted molar refractivity (Wildman–Crippen MR) is 78.8 cm³/mol. The standard InChI is InChI=1S/C13H20N4O3S/c1-3-4-5-17-7-9(6-11(17)18)12(19)14-13-16-15-10(21-13)8-20-2/h9H,3-8H2,1-2H3,(H,14,16,19). The van der Waals surface area contributed by atoms with Crippen LogP contribution in [0.2, 0.25) is 0 Å². The Bertz CT molecular complexity index is 505. The summed E-state index contributed by atoms with van der Waals surface area (Å²) in [6.07, 6.45) is 2.28. The van der Waals surface area contributed by atoms with Gasteiger partial charge in [-0.3, -0.25) is 9.59 Å². The molecular formula is C13H20N4O3S. The molecule has 8 heteroatoms. The van der Waals surface area contributed by atoms with Gasteiger partial charge in [0, 0.05) is 26.6 Å². The van der Waals surface area contributed by atoms with Gasteiger partial charge in [0.25, 0.3) is 0 Å². The van der Waals surface area contributed by atoms with E-state index in [9.17, 15) is 9.59 Å². The molecule has 1 N–H and O–H groups in total. The van der Waals surface area contributed by atoms with Crippen LogP contribution in [0.15, 0.2) is 0 Å². The first kappa shape index (κ1) is 15.8. The van der Waals surface area contributed by atoms with Crippen LogP contribution in [0.5, 0.6) is 0 Å². The van der Waals surface area contributed by atoms with Crippen LogP contribution in [0.4, 0.5) is 5.13 Å². The van der Waals surface area contributed by atoms with Crippen LogP contribution in [-0.2, 0) is 20.9 Å². The summed E-state index contributed by atoms with van der Waals surface area (Å²) in [5.74, 6) is -0.410. The molecule has 7 nitrogen and oxygen atoms in total. The molecule has 21 heavy (non-hydrogen) atoms. The SMILES string of the molecule is CCCCN1CC(C(=O)Nc2nnc(COC)s2)CC1=O. The van der Waals surface area contributed by atoms with E-state index in [4.69, 9.17) is 4.74 Å². The lowest BCUT2D eigenvalue weighted by molar-refractivity contribution is -0.128. The molecule has 2 amide bonds. The molecule has 0 aliphatic carbocycles. The van der Waals surface area contributed by atoms with E-state index in [1.54, 1.807) is 12.0 Å². The number of nitrogens with one attached hydrogen (secondary N) is 1. The molecular weight excluding hydrogens is 292 g/mol. The molecule has 2 rings (SSSR count). The minimum Gasteiger partial charge on any atom is -0.377 e. The van der Waals surface area contributed by atoms with Crippen molar-refractivity contribution in [3.63, 3.8) is 0 Å². The molecule has 1 unspecified atom stereocenters. The summed E-state index contributed by atoms with van der Waals surface area (Å²) >= 11 is 1.28. The topological polar surface area (TPSA) is 84.4 Å². The zero-order valence-corrected chi connectivity index (χ0v) is 13.1. The van der Waals surface area contributed by atoms with Crippen LogP contribution in [0.3, 0.4) is 0 Å². The summed E-state index contributed by atoms with van der Waals surface area (Å²) in [4.78, 5) is 25.8. The number of carbonyl (C=O) groups is 2. The van der Waals surface area contributed by atoms with Crippen molar-refractivity contribution in [2.24, 2.45) is 5.92 Å². The van der Waals surface area contributed by atoms with Gasteiger partial charge in [0.1, 0.15) is 11.6 Å². The Hall–Kier alpha value is -1.54. The lowest BCUT2D eigenvalue weighted by Gasteiger charge is -2.15. The second-order valence-electron chi connectivity index (χ2n) is 5.02. The molecule has 1 aliphatic heterocycles. The number of likely N-dealkylation sites (tertiary alicyclic amines) is 1. The van der Waals surface area contributed by atoms with Gasteiger partial charge in [-0.1, -0.05) is 24.7 Å². The van der Waals surface area contributed by atoms with Crippen LogP contribution in [-0.4, -0.2) is 47.1 Å². The molecule has 0 aromatic carbocycles. The van der Waals surface area contributed by atoms with E-state index >= 15 is 0 Å². The number of anilines is 1. The van der Waals surface area contributed by atoms with Gasteiger partial charge < -0.3 is 15.0 Å². The number of unbranched alkanes of at least 4 members (excludes halogenated alkanes) is 1. The average Bonchev–Trinajstić information content (AvgIpc) is 3.04. The van der Waals surface area contributed by atoms with Crippen LogP contribution < -0.4 is 5.32 Å². The van der Waals surface area contributed by atoms with E-state index in [1.165, 1.54) is 11.3 Å². The Kier molecular flexibility index (Phi) is 5.63. The molecule has 116 valence electrons. The number of hydrogen-bond donors (Lipinski definition) is 1. The first-order valence-electron chi connectivity index (χ1n) is 7.04. The fourth-order valence-electron chi connectivity index (χ4n) is 2.21. The molecule has 2 heterocycles. The van der Waals surface area contributed by atoms with E-state index < -0.39 is 0 Å². The molecule has 1 atom stereocenters. The number of ether oxygens (including phenoxy) is 1.